The van der Waals surface area contributed by atoms with Gasteiger partial charge in [0.05, 0.1) is 10.8 Å². The highest BCUT2D eigenvalue weighted by molar-refractivity contribution is 7.90. The van der Waals surface area contributed by atoms with Crippen LogP contribution < -0.4 is 5.32 Å². The van der Waals surface area contributed by atoms with E-state index in [1.807, 2.05) is 6.07 Å². The highest BCUT2D eigenvalue weighted by Crippen LogP contribution is 2.37. The van der Waals surface area contributed by atoms with Gasteiger partial charge in [0, 0.05) is 42.0 Å². The van der Waals surface area contributed by atoms with Crippen molar-refractivity contribution >= 4 is 48.8 Å². The van der Waals surface area contributed by atoms with E-state index in [1.165, 1.54) is 23.2 Å². The molecule has 1 saturated heterocycles. The van der Waals surface area contributed by atoms with Gasteiger partial charge in [-0.2, -0.15) is 0 Å². The monoisotopic (exact) mass is 442 g/mol. The number of hydrogen-bond acceptors (Lipinski definition) is 5. The Hall–Kier alpha value is -1.15. The molecule has 0 atom stereocenters. The molecule has 0 bridgehead atoms. The molecule has 1 aliphatic heterocycles. The molecule has 2 aromatic rings. The number of sulfone groups is 1. The van der Waals surface area contributed by atoms with Crippen molar-refractivity contribution in [2.75, 3.05) is 31.6 Å². The molecule has 0 spiro atoms. The number of benzene rings is 1. The maximum absolute atomic E-state index is 12.8. The third kappa shape index (κ3) is 5.26. The molecular weight excluding hydrogens is 416 g/mol. The molecule has 1 aromatic carbocycles. The van der Waals surface area contributed by atoms with Gasteiger partial charge in [0.1, 0.15) is 14.7 Å². The molecule has 1 aromatic heterocycles. The molecule has 0 aliphatic carbocycles. The van der Waals surface area contributed by atoms with Crippen molar-refractivity contribution in [3.8, 4) is 0 Å². The average Bonchev–Trinajstić information content (AvgIpc) is 2.97. The van der Waals surface area contributed by atoms with E-state index in [1.54, 1.807) is 0 Å². The van der Waals surface area contributed by atoms with E-state index in [-0.39, 0.29) is 17.7 Å². The van der Waals surface area contributed by atoms with Crippen LogP contribution in [0, 0.1) is 0 Å². The Balaban J connectivity index is 1.62. The quantitative estimate of drug-likeness (QED) is 0.736. The van der Waals surface area contributed by atoms with Crippen LogP contribution in [0.15, 0.2) is 18.2 Å². The smallest absolute Gasteiger partial charge is 0.263 e. The molecule has 28 heavy (non-hydrogen) atoms. The lowest BCUT2D eigenvalue weighted by atomic mass is 10.0. The van der Waals surface area contributed by atoms with Gasteiger partial charge in [-0.1, -0.05) is 37.6 Å². The molecule has 154 valence electrons. The first-order chi connectivity index (χ1) is 13.1. The average molecular weight is 443 g/mol. The third-order valence-corrected chi connectivity index (χ3v) is 7.81. The molecule has 1 N–H and O–H groups in total. The standard InChI is InChI=1S/C20H27ClN2O3S2/c1-13(2)14-4-5-16-17(12-14)27-19(18(16)21)20(24)22-15-6-8-23(9-7-15)10-11-28(3,25)26/h4-5,12-13,15H,6-11H2,1-3H3,(H,22,24). The summed E-state index contributed by atoms with van der Waals surface area (Å²) >= 11 is 7.94. The van der Waals surface area contributed by atoms with Gasteiger partial charge in [-0.3, -0.25) is 4.79 Å². The van der Waals surface area contributed by atoms with Crippen molar-refractivity contribution in [2.24, 2.45) is 0 Å². The van der Waals surface area contributed by atoms with Crippen molar-refractivity contribution in [3.63, 3.8) is 0 Å². The van der Waals surface area contributed by atoms with Crippen LogP contribution in [-0.4, -0.2) is 56.9 Å². The fourth-order valence-corrected chi connectivity index (χ4v) is 5.49. The zero-order chi connectivity index (χ0) is 20.5. The highest BCUT2D eigenvalue weighted by Gasteiger charge is 2.24. The van der Waals surface area contributed by atoms with Crippen LogP contribution in [0.5, 0.6) is 0 Å². The predicted molar refractivity (Wildman–Crippen MR) is 118 cm³/mol. The molecule has 1 amide bonds. The summed E-state index contributed by atoms with van der Waals surface area (Å²) in [5.74, 6) is 0.488. The van der Waals surface area contributed by atoms with Gasteiger partial charge >= 0.3 is 0 Å². The number of likely N-dealkylation sites (tertiary alicyclic amines) is 1. The second-order valence-corrected chi connectivity index (χ2v) is 11.6. The maximum Gasteiger partial charge on any atom is 0.263 e. The molecule has 1 aliphatic rings. The first kappa shape index (κ1) is 21.6. The van der Waals surface area contributed by atoms with E-state index in [2.05, 4.69) is 36.2 Å². The molecule has 3 rings (SSSR count). The van der Waals surface area contributed by atoms with Crippen LogP contribution in [0.1, 0.15) is 47.8 Å². The van der Waals surface area contributed by atoms with Crippen molar-refractivity contribution in [3.05, 3.63) is 33.7 Å². The van der Waals surface area contributed by atoms with E-state index in [0.717, 1.165) is 36.0 Å². The largest absolute Gasteiger partial charge is 0.348 e. The van der Waals surface area contributed by atoms with Crippen molar-refractivity contribution < 1.29 is 13.2 Å². The number of carbonyl (C=O) groups excluding carboxylic acids is 1. The minimum absolute atomic E-state index is 0.0921. The van der Waals surface area contributed by atoms with Gasteiger partial charge in [-0.05, 0) is 30.4 Å². The third-order valence-electron chi connectivity index (χ3n) is 5.23. The van der Waals surface area contributed by atoms with Crippen LogP contribution in [0.2, 0.25) is 5.02 Å². The van der Waals surface area contributed by atoms with Crippen molar-refractivity contribution in [2.45, 2.75) is 38.6 Å². The fraction of sp³-hybridized carbons (Fsp3) is 0.550. The summed E-state index contributed by atoms with van der Waals surface area (Å²) in [5, 5.41) is 4.56. The first-order valence-corrected chi connectivity index (χ1v) is 12.8. The second-order valence-electron chi connectivity index (χ2n) is 7.87. The number of thiophene rings is 1. The van der Waals surface area contributed by atoms with Crippen LogP contribution in [-0.2, 0) is 9.84 Å². The SMILES string of the molecule is CC(C)c1ccc2c(Cl)c(C(=O)NC3CCN(CCS(C)(=O)=O)CC3)sc2c1. The number of carbonyl (C=O) groups is 1. The maximum atomic E-state index is 12.8. The zero-order valence-corrected chi connectivity index (χ0v) is 18.9. The Morgan fingerprint density at radius 2 is 2.00 bits per heavy atom. The van der Waals surface area contributed by atoms with Gasteiger partial charge in [0.2, 0.25) is 0 Å². The first-order valence-electron chi connectivity index (χ1n) is 9.57. The lowest BCUT2D eigenvalue weighted by Crippen LogP contribution is -2.45. The van der Waals surface area contributed by atoms with Gasteiger partial charge in [0.15, 0.2) is 0 Å². The topological polar surface area (TPSA) is 66.5 Å². The lowest BCUT2D eigenvalue weighted by molar-refractivity contribution is 0.0917. The summed E-state index contributed by atoms with van der Waals surface area (Å²) in [6, 6.07) is 6.28. The number of hydrogen-bond donors (Lipinski definition) is 1. The molecular formula is C20H27ClN2O3S2. The molecule has 8 heteroatoms. The summed E-state index contributed by atoms with van der Waals surface area (Å²) in [6.45, 7) is 6.43. The van der Waals surface area contributed by atoms with Crippen LogP contribution in [0.25, 0.3) is 10.1 Å². The summed E-state index contributed by atoms with van der Waals surface area (Å²) in [6.07, 6.45) is 2.89. The number of nitrogens with one attached hydrogen (secondary N) is 1. The van der Waals surface area contributed by atoms with E-state index in [0.29, 0.717) is 22.4 Å². The molecule has 0 saturated carbocycles. The predicted octanol–water partition coefficient (Wildman–Crippen LogP) is 3.92. The number of rotatable bonds is 6. The van der Waals surface area contributed by atoms with Crippen LogP contribution in [0.4, 0.5) is 0 Å². The van der Waals surface area contributed by atoms with Gasteiger partial charge in [0.25, 0.3) is 5.91 Å². The Morgan fingerprint density at radius 3 is 2.61 bits per heavy atom. The second kappa shape index (κ2) is 8.69. The molecule has 2 heterocycles. The molecule has 5 nitrogen and oxygen atoms in total. The minimum atomic E-state index is -2.94. The highest BCUT2D eigenvalue weighted by atomic mass is 35.5. The van der Waals surface area contributed by atoms with Crippen molar-refractivity contribution in [1.82, 2.24) is 10.2 Å². The number of piperidine rings is 1. The summed E-state index contributed by atoms with van der Waals surface area (Å²) in [4.78, 5) is 15.5. The number of halogens is 1. The van der Waals surface area contributed by atoms with Crippen LogP contribution >= 0.6 is 22.9 Å². The number of nitrogens with zero attached hydrogens (tertiary/aromatic N) is 1. The van der Waals surface area contributed by atoms with Crippen molar-refractivity contribution in [1.29, 1.82) is 0 Å². The molecule has 1 fully saturated rings. The fourth-order valence-electron chi connectivity index (χ4n) is 3.43. The van der Waals surface area contributed by atoms with Gasteiger partial charge in [-0.25, -0.2) is 8.42 Å². The van der Waals surface area contributed by atoms with Crippen LogP contribution in [0.3, 0.4) is 0 Å². The Labute approximate surface area is 176 Å². The minimum Gasteiger partial charge on any atom is -0.348 e. The molecule has 0 radical (unpaired) electrons. The summed E-state index contributed by atoms with van der Waals surface area (Å²) < 4.78 is 23.7. The normalized spacial score (nSPS) is 16.8. The number of fused-ring (bicyclic) bond motifs is 1. The summed E-state index contributed by atoms with van der Waals surface area (Å²) in [5.41, 5.74) is 1.24. The van der Waals surface area contributed by atoms with E-state index < -0.39 is 9.84 Å². The van der Waals surface area contributed by atoms with Gasteiger partial charge < -0.3 is 10.2 Å². The number of amides is 1. The van der Waals surface area contributed by atoms with Gasteiger partial charge in [-0.15, -0.1) is 11.3 Å². The van der Waals surface area contributed by atoms with E-state index in [4.69, 9.17) is 11.6 Å². The Bertz CT molecular complexity index is 961. The van der Waals surface area contributed by atoms with E-state index in [9.17, 15) is 13.2 Å². The Kier molecular flexibility index (Phi) is 6.69. The van der Waals surface area contributed by atoms with E-state index >= 15 is 0 Å². The zero-order valence-electron chi connectivity index (χ0n) is 16.5. The lowest BCUT2D eigenvalue weighted by Gasteiger charge is -2.32. The molecule has 0 unspecified atom stereocenters. The Morgan fingerprint density at radius 1 is 1.32 bits per heavy atom. The summed E-state index contributed by atoms with van der Waals surface area (Å²) in [7, 11) is -2.94.